The molecule has 2 unspecified atom stereocenters. The third kappa shape index (κ3) is 5.34. The van der Waals surface area contributed by atoms with E-state index in [1.807, 2.05) is 12.1 Å². The lowest BCUT2D eigenvalue weighted by molar-refractivity contribution is 0.456. The highest BCUT2D eigenvalue weighted by Crippen LogP contribution is 2.47. The van der Waals surface area contributed by atoms with Crippen molar-refractivity contribution in [3.8, 4) is 5.75 Å². The van der Waals surface area contributed by atoms with Gasteiger partial charge >= 0.3 is 0 Å². The lowest BCUT2D eigenvalue weighted by atomic mass is 9.95. The molecular weight excluding hydrogens is 433 g/mol. The van der Waals surface area contributed by atoms with Crippen LogP contribution < -0.4 is 10.2 Å². The van der Waals surface area contributed by atoms with Gasteiger partial charge in [0.15, 0.2) is 0 Å². The fraction of sp³-hybridized carbons (Fsp3) is 0.226. The summed E-state index contributed by atoms with van der Waals surface area (Å²) in [5.41, 5.74) is 7.18. The second kappa shape index (κ2) is 10.5. The Bertz CT molecular complexity index is 1200. The molecule has 0 saturated carbocycles. The summed E-state index contributed by atoms with van der Waals surface area (Å²) in [6, 6.07) is 34.0. The first-order chi connectivity index (χ1) is 16.4. The number of benzene rings is 4. The molecule has 0 amide bonds. The Hall–Kier alpha value is -3.09. The first-order valence-corrected chi connectivity index (χ1v) is 12.9. The molecule has 0 spiro atoms. The van der Waals surface area contributed by atoms with E-state index in [0.717, 1.165) is 18.5 Å². The van der Waals surface area contributed by atoms with Crippen molar-refractivity contribution in [3.05, 3.63) is 119 Å². The predicted octanol–water partition coefficient (Wildman–Crippen LogP) is 7.98. The van der Waals surface area contributed by atoms with Crippen LogP contribution in [0.3, 0.4) is 0 Å². The molecule has 2 atom stereocenters. The molecule has 0 aliphatic heterocycles. The van der Waals surface area contributed by atoms with E-state index in [2.05, 4.69) is 118 Å². The van der Waals surface area contributed by atoms with Crippen molar-refractivity contribution in [1.82, 2.24) is 0 Å². The van der Waals surface area contributed by atoms with Gasteiger partial charge in [-0.05, 0) is 61.5 Å². The number of anilines is 2. The van der Waals surface area contributed by atoms with Crippen molar-refractivity contribution in [2.45, 2.75) is 45.8 Å². The molecule has 0 aliphatic carbocycles. The van der Waals surface area contributed by atoms with Crippen molar-refractivity contribution >= 4 is 25.3 Å². The van der Waals surface area contributed by atoms with Gasteiger partial charge in [0, 0.05) is 28.6 Å². The third-order valence-electron chi connectivity index (χ3n) is 6.59. The normalized spacial score (nSPS) is 13.2. The number of rotatable bonds is 8. The standard InChI is InChI=1S/C31H34NOP/c1-5-31(4,28-21-24(3)16-18-29(28)33)34-30-19-17-23(2)20-25(30)22-32(26-12-8-6-9-13-26)27-14-10-7-11-15-27/h6-21,33-34H,5,22H2,1-4H3. The molecule has 1 N–H and O–H groups in total. The fourth-order valence-corrected chi connectivity index (χ4v) is 6.01. The summed E-state index contributed by atoms with van der Waals surface area (Å²) in [6.07, 6.45) is 0.955. The van der Waals surface area contributed by atoms with Gasteiger partial charge in [0.2, 0.25) is 0 Å². The molecule has 4 aromatic carbocycles. The topological polar surface area (TPSA) is 23.5 Å². The Morgan fingerprint density at radius 3 is 1.91 bits per heavy atom. The summed E-state index contributed by atoms with van der Waals surface area (Å²) >= 11 is 0. The van der Waals surface area contributed by atoms with E-state index in [1.165, 1.54) is 33.4 Å². The van der Waals surface area contributed by atoms with Gasteiger partial charge in [-0.1, -0.05) is 100 Å². The zero-order valence-electron chi connectivity index (χ0n) is 20.5. The van der Waals surface area contributed by atoms with Crippen LogP contribution in [0.4, 0.5) is 11.4 Å². The number of phenolic OH excluding ortho intramolecular Hbond substituents is 1. The van der Waals surface area contributed by atoms with E-state index in [4.69, 9.17) is 0 Å². The van der Waals surface area contributed by atoms with Crippen molar-refractivity contribution in [1.29, 1.82) is 0 Å². The molecule has 0 saturated heterocycles. The second-order valence-corrected chi connectivity index (χ2v) is 11.1. The second-order valence-electron chi connectivity index (χ2n) is 9.25. The number of para-hydroxylation sites is 2. The summed E-state index contributed by atoms with van der Waals surface area (Å²) in [6.45, 7) is 9.56. The van der Waals surface area contributed by atoms with Crippen LogP contribution in [0.2, 0.25) is 0 Å². The number of hydrogen-bond donors (Lipinski definition) is 1. The molecule has 0 aromatic heterocycles. The zero-order chi connectivity index (χ0) is 24.1. The number of aromatic hydroxyl groups is 1. The maximum atomic E-state index is 10.7. The Labute approximate surface area is 206 Å². The maximum Gasteiger partial charge on any atom is 0.119 e. The van der Waals surface area contributed by atoms with Gasteiger partial charge in [-0.25, -0.2) is 0 Å². The van der Waals surface area contributed by atoms with Crippen LogP contribution in [0.25, 0.3) is 0 Å². The van der Waals surface area contributed by atoms with E-state index in [1.54, 1.807) is 0 Å². The lowest BCUT2D eigenvalue weighted by Gasteiger charge is -2.32. The van der Waals surface area contributed by atoms with Gasteiger partial charge in [-0.3, -0.25) is 0 Å². The van der Waals surface area contributed by atoms with Gasteiger partial charge < -0.3 is 10.0 Å². The van der Waals surface area contributed by atoms with Crippen molar-refractivity contribution in [2.75, 3.05) is 4.90 Å². The SMILES string of the molecule is CCC(C)(Pc1ccc(C)cc1CN(c1ccccc1)c1ccccc1)c1cc(C)ccc1O. The molecule has 4 aromatic rings. The molecule has 0 fully saturated rings. The molecule has 2 nitrogen and oxygen atoms in total. The van der Waals surface area contributed by atoms with Gasteiger partial charge in [-0.15, -0.1) is 0 Å². The first-order valence-electron chi connectivity index (χ1n) is 11.9. The lowest BCUT2D eigenvalue weighted by Crippen LogP contribution is -2.24. The van der Waals surface area contributed by atoms with E-state index < -0.39 is 0 Å². The van der Waals surface area contributed by atoms with E-state index in [0.29, 0.717) is 14.3 Å². The molecule has 0 heterocycles. The number of hydrogen-bond acceptors (Lipinski definition) is 2. The summed E-state index contributed by atoms with van der Waals surface area (Å²) < 4.78 is 0. The minimum atomic E-state index is -0.134. The van der Waals surface area contributed by atoms with Gasteiger partial charge in [0.25, 0.3) is 0 Å². The summed E-state index contributed by atoms with van der Waals surface area (Å²) in [5, 5.41) is 12.0. The molecule has 0 aliphatic rings. The largest absolute Gasteiger partial charge is 0.508 e. The number of phenols is 1. The average Bonchev–Trinajstić information content (AvgIpc) is 2.86. The number of aryl methyl sites for hydroxylation is 2. The van der Waals surface area contributed by atoms with Gasteiger partial charge in [0.05, 0.1) is 0 Å². The smallest absolute Gasteiger partial charge is 0.119 e. The van der Waals surface area contributed by atoms with Crippen LogP contribution in [0.1, 0.15) is 42.5 Å². The highest BCUT2D eigenvalue weighted by atomic mass is 31.1. The monoisotopic (exact) mass is 467 g/mol. The average molecular weight is 468 g/mol. The molecule has 34 heavy (non-hydrogen) atoms. The van der Waals surface area contributed by atoms with E-state index >= 15 is 0 Å². The zero-order valence-corrected chi connectivity index (χ0v) is 21.5. The predicted molar refractivity (Wildman–Crippen MR) is 148 cm³/mol. The molecule has 4 rings (SSSR count). The van der Waals surface area contributed by atoms with Crippen LogP contribution in [-0.2, 0) is 11.7 Å². The van der Waals surface area contributed by atoms with Crippen LogP contribution >= 0.6 is 8.58 Å². The highest BCUT2D eigenvalue weighted by molar-refractivity contribution is 7.48. The molecule has 0 radical (unpaired) electrons. The Balaban J connectivity index is 1.75. The first kappa shape index (κ1) is 24.0. The van der Waals surface area contributed by atoms with Crippen LogP contribution in [0.15, 0.2) is 97.1 Å². The van der Waals surface area contributed by atoms with Crippen LogP contribution in [0.5, 0.6) is 5.75 Å². The van der Waals surface area contributed by atoms with Crippen molar-refractivity contribution in [3.63, 3.8) is 0 Å². The minimum Gasteiger partial charge on any atom is -0.508 e. The third-order valence-corrected chi connectivity index (χ3v) is 8.52. The Morgan fingerprint density at radius 1 is 0.765 bits per heavy atom. The highest BCUT2D eigenvalue weighted by Gasteiger charge is 2.29. The molecule has 174 valence electrons. The Kier molecular flexibility index (Phi) is 7.39. The van der Waals surface area contributed by atoms with E-state index in [9.17, 15) is 5.11 Å². The summed E-state index contributed by atoms with van der Waals surface area (Å²) in [7, 11) is 0.542. The summed E-state index contributed by atoms with van der Waals surface area (Å²) in [5.74, 6) is 0.395. The van der Waals surface area contributed by atoms with Crippen molar-refractivity contribution in [2.24, 2.45) is 0 Å². The van der Waals surface area contributed by atoms with Crippen LogP contribution in [-0.4, -0.2) is 5.11 Å². The van der Waals surface area contributed by atoms with E-state index in [-0.39, 0.29) is 5.16 Å². The quantitative estimate of drug-likeness (QED) is 0.266. The van der Waals surface area contributed by atoms with Gasteiger partial charge in [-0.2, -0.15) is 0 Å². The summed E-state index contributed by atoms with van der Waals surface area (Å²) in [4.78, 5) is 2.39. The van der Waals surface area contributed by atoms with Crippen LogP contribution in [0, 0.1) is 13.8 Å². The maximum absolute atomic E-state index is 10.7. The Morgan fingerprint density at radius 2 is 1.32 bits per heavy atom. The minimum absolute atomic E-state index is 0.134. The molecular formula is C31H34NOP. The molecule has 0 bridgehead atoms. The molecule has 3 heteroatoms. The van der Waals surface area contributed by atoms with Crippen molar-refractivity contribution < 1.29 is 5.11 Å². The fourth-order valence-electron chi connectivity index (χ4n) is 4.43. The number of nitrogens with zero attached hydrogens (tertiary/aromatic N) is 1. The van der Waals surface area contributed by atoms with Gasteiger partial charge in [0.1, 0.15) is 5.75 Å².